The second-order valence-electron chi connectivity index (χ2n) is 6.62. The zero-order chi connectivity index (χ0) is 21.0. The molecule has 1 aromatic heterocycles. The Labute approximate surface area is 171 Å². The normalized spacial score (nSPS) is 10.8. The van der Waals surface area contributed by atoms with E-state index in [0.29, 0.717) is 28.1 Å². The molecule has 1 N–H and O–H groups in total. The van der Waals surface area contributed by atoms with Crippen LogP contribution in [0.1, 0.15) is 27.8 Å². The second-order valence-corrected chi connectivity index (χ2v) is 8.24. The minimum atomic E-state index is -3.81. The van der Waals surface area contributed by atoms with Crippen molar-refractivity contribution in [1.82, 2.24) is 4.98 Å². The first-order chi connectivity index (χ1) is 13.8. The summed E-state index contributed by atoms with van der Waals surface area (Å²) in [6.07, 6.45) is 3.33. The van der Waals surface area contributed by atoms with Crippen LogP contribution in [-0.2, 0) is 10.0 Å². The van der Waals surface area contributed by atoms with Crippen LogP contribution in [0.25, 0.3) is 0 Å². The van der Waals surface area contributed by atoms with E-state index in [0.717, 1.165) is 11.1 Å². The zero-order valence-corrected chi connectivity index (χ0v) is 17.6. The van der Waals surface area contributed by atoms with E-state index in [9.17, 15) is 8.42 Å². The van der Waals surface area contributed by atoms with Gasteiger partial charge in [0.25, 0.3) is 10.0 Å². The number of anilines is 1. The van der Waals surface area contributed by atoms with Crippen LogP contribution in [0.4, 0.5) is 5.69 Å². The van der Waals surface area contributed by atoms with E-state index in [1.807, 2.05) is 19.1 Å². The van der Waals surface area contributed by atoms with Crippen LogP contribution < -0.4 is 9.46 Å². The lowest BCUT2D eigenvalue weighted by atomic mass is 10.1. The number of pyridine rings is 1. The van der Waals surface area contributed by atoms with Gasteiger partial charge in [-0.15, -0.1) is 0 Å². The Morgan fingerprint density at radius 1 is 1.00 bits per heavy atom. The SMILES string of the molecule is COc1cc(C)c(S(=O)(=O)Nc2ccccc2C#Cc2cccnc2)c(C)c1C. The number of nitrogens with zero attached hydrogens (tertiary/aromatic N) is 1. The third-order valence-corrected chi connectivity index (χ3v) is 6.30. The summed E-state index contributed by atoms with van der Waals surface area (Å²) in [4.78, 5) is 4.29. The number of methoxy groups -OCH3 is 1. The molecular formula is C23H22N2O3S. The molecule has 0 saturated heterocycles. The molecule has 0 amide bonds. The Morgan fingerprint density at radius 3 is 2.45 bits per heavy atom. The number of benzene rings is 2. The minimum absolute atomic E-state index is 0.255. The van der Waals surface area contributed by atoms with Gasteiger partial charge in [-0.2, -0.15) is 0 Å². The van der Waals surface area contributed by atoms with Crippen LogP contribution in [0.2, 0.25) is 0 Å². The van der Waals surface area contributed by atoms with Crippen LogP contribution in [0.15, 0.2) is 59.8 Å². The Bertz CT molecular complexity index is 1210. The molecule has 5 nitrogen and oxygen atoms in total. The molecule has 2 aromatic carbocycles. The molecule has 0 atom stereocenters. The Morgan fingerprint density at radius 2 is 1.76 bits per heavy atom. The van der Waals surface area contributed by atoms with Gasteiger partial charge in [0.1, 0.15) is 5.75 Å². The Kier molecular flexibility index (Phi) is 5.90. The zero-order valence-electron chi connectivity index (χ0n) is 16.8. The molecule has 0 bridgehead atoms. The Hall–Kier alpha value is -3.30. The standard InChI is InChI=1S/C23H22N2O3S/c1-16-14-22(28-4)17(2)18(3)23(16)29(26,27)25-21-10-6-5-9-20(21)12-11-19-8-7-13-24-15-19/h5-10,13-15,25H,1-4H3. The van der Waals surface area contributed by atoms with Crippen molar-refractivity contribution in [2.24, 2.45) is 0 Å². The van der Waals surface area contributed by atoms with E-state index in [-0.39, 0.29) is 4.90 Å². The molecule has 3 aromatic rings. The highest BCUT2D eigenvalue weighted by Crippen LogP contribution is 2.32. The van der Waals surface area contributed by atoms with E-state index in [4.69, 9.17) is 4.74 Å². The van der Waals surface area contributed by atoms with Crippen molar-refractivity contribution in [1.29, 1.82) is 0 Å². The van der Waals surface area contributed by atoms with E-state index in [1.54, 1.807) is 63.7 Å². The van der Waals surface area contributed by atoms with Crippen LogP contribution >= 0.6 is 0 Å². The average Bonchev–Trinajstić information content (AvgIpc) is 2.70. The van der Waals surface area contributed by atoms with Crippen molar-refractivity contribution in [3.05, 3.63) is 82.7 Å². The first-order valence-corrected chi connectivity index (χ1v) is 10.5. The van der Waals surface area contributed by atoms with Crippen molar-refractivity contribution in [3.8, 4) is 17.6 Å². The molecule has 0 spiro atoms. The molecule has 6 heteroatoms. The summed E-state index contributed by atoms with van der Waals surface area (Å²) < 4.78 is 34.5. The number of aryl methyl sites for hydroxylation is 1. The summed E-state index contributed by atoms with van der Waals surface area (Å²) in [5.74, 6) is 6.70. The predicted molar refractivity (Wildman–Crippen MR) is 115 cm³/mol. The van der Waals surface area contributed by atoms with Crippen LogP contribution in [0.5, 0.6) is 5.75 Å². The fourth-order valence-corrected chi connectivity index (χ4v) is 4.71. The summed E-state index contributed by atoms with van der Waals surface area (Å²) in [6, 6.07) is 12.5. The monoisotopic (exact) mass is 406 g/mol. The van der Waals surface area contributed by atoms with Crippen molar-refractivity contribution in [3.63, 3.8) is 0 Å². The molecule has 0 unspecified atom stereocenters. The molecule has 0 fully saturated rings. The lowest BCUT2D eigenvalue weighted by molar-refractivity contribution is 0.410. The third kappa shape index (κ3) is 4.41. The number of rotatable bonds is 4. The predicted octanol–water partition coefficient (Wildman–Crippen LogP) is 4.22. The molecule has 0 aliphatic heterocycles. The van der Waals surface area contributed by atoms with Crippen molar-refractivity contribution >= 4 is 15.7 Å². The highest BCUT2D eigenvalue weighted by atomic mass is 32.2. The van der Waals surface area contributed by atoms with Gasteiger partial charge in [0.15, 0.2) is 0 Å². The highest BCUT2D eigenvalue weighted by Gasteiger charge is 2.23. The first-order valence-electron chi connectivity index (χ1n) is 9.02. The lowest BCUT2D eigenvalue weighted by Crippen LogP contribution is -2.17. The van der Waals surface area contributed by atoms with Gasteiger partial charge >= 0.3 is 0 Å². The van der Waals surface area contributed by atoms with Gasteiger partial charge in [0.2, 0.25) is 0 Å². The topological polar surface area (TPSA) is 68.3 Å². The molecule has 0 aliphatic carbocycles. The third-order valence-electron chi connectivity index (χ3n) is 4.64. The van der Waals surface area contributed by atoms with Crippen molar-refractivity contribution in [2.75, 3.05) is 11.8 Å². The minimum Gasteiger partial charge on any atom is -0.496 e. The van der Waals surface area contributed by atoms with Gasteiger partial charge in [-0.25, -0.2) is 8.42 Å². The molecule has 0 aliphatic rings. The van der Waals surface area contributed by atoms with Gasteiger partial charge in [-0.3, -0.25) is 9.71 Å². The molecule has 0 radical (unpaired) electrons. The number of aromatic nitrogens is 1. The quantitative estimate of drug-likeness (QED) is 0.659. The van der Waals surface area contributed by atoms with E-state index < -0.39 is 10.0 Å². The highest BCUT2D eigenvalue weighted by molar-refractivity contribution is 7.92. The van der Waals surface area contributed by atoms with Gasteiger partial charge < -0.3 is 4.74 Å². The molecular weight excluding hydrogens is 384 g/mol. The van der Waals surface area contributed by atoms with Crippen molar-refractivity contribution < 1.29 is 13.2 Å². The molecule has 148 valence electrons. The number of hydrogen-bond donors (Lipinski definition) is 1. The van der Waals surface area contributed by atoms with E-state index in [1.165, 1.54) is 0 Å². The largest absolute Gasteiger partial charge is 0.496 e. The summed E-state index contributed by atoms with van der Waals surface area (Å²) >= 11 is 0. The number of hydrogen-bond acceptors (Lipinski definition) is 4. The maximum atomic E-state index is 13.2. The lowest BCUT2D eigenvalue weighted by Gasteiger charge is -2.17. The van der Waals surface area contributed by atoms with Gasteiger partial charge in [-0.1, -0.05) is 24.0 Å². The molecule has 29 heavy (non-hydrogen) atoms. The fraction of sp³-hybridized carbons (Fsp3) is 0.174. The molecule has 0 saturated carbocycles. The maximum absolute atomic E-state index is 13.2. The smallest absolute Gasteiger partial charge is 0.262 e. The first kappa shape index (κ1) is 20.4. The molecule has 3 rings (SSSR count). The van der Waals surface area contributed by atoms with Gasteiger partial charge in [0.05, 0.1) is 17.7 Å². The van der Waals surface area contributed by atoms with Gasteiger partial charge in [0, 0.05) is 23.5 Å². The number of para-hydroxylation sites is 1. The Balaban J connectivity index is 2.01. The van der Waals surface area contributed by atoms with E-state index in [2.05, 4.69) is 21.5 Å². The van der Waals surface area contributed by atoms with Crippen LogP contribution in [0.3, 0.4) is 0 Å². The number of sulfonamides is 1. The number of ether oxygens (including phenoxy) is 1. The summed E-state index contributed by atoms with van der Waals surface area (Å²) in [5.41, 5.74) is 3.84. The average molecular weight is 407 g/mol. The second kappa shape index (κ2) is 8.38. The molecule has 1 heterocycles. The summed E-state index contributed by atoms with van der Waals surface area (Å²) in [6.45, 7) is 5.39. The van der Waals surface area contributed by atoms with E-state index >= 15 is 0 Å². The van der Waals surface area contributed by atoms with Gasteiger partial charge in [-0.05, 0) is 67.8 Å². The fourth-order valence-electron chi connectivity index (χ4n) is 3.10. The van der Waals surface area contributed by atoms with Crippen LogP contribution in [-0.4, -0.2) is 20.5 Å². The summed E-state index contributed by atoms with van der Waals surface area (Å²) in [5, 5.41) is 0. The maximum Gasteiger partial charge on any atom is 0.262 e. The summed E-state index contributed by atoms with van der Waals surface area (Å²) in [7, 11) is -2.24. The van der Waals surface area contributed by atoms with Crippen molar-refractivity contribution in [2.45, 2.75) is 25.7 Å². The number of nitrogens with one attached hydrogen (secondary N) is 1. The van der Waals surface area contributed by atoms with Crippen LogP contribution in [0, 0.1) is 32.6 Å².